The Morgan fingerprint density at radius 3 is 2.86 bits per heavy atom. The van der Waals surface area contributed by atoms with Crippen LogP contribution >= 0.6 is 0 Å². The molecule has 1 atom stereocenters. The van der Waals surface area contributed by atoms with E-state index in [1.807, 2.05) is 53.2 Å². The van der Waals surface area contributed by atoms with E-state index in [0.29, 0.717) is 24.6 Å². The predicted molar refractivity (Wildman–Crippen MR) is 111 cm³/mol. The molecule has 1 saturated heterocycles. The fourth-order valence-corrected chi connectivity index (χ4v) is 3.91. The highest BCUT2D eigenvalue weighted by Crippen LogP contribution is 2.32. The number of nitrogens with two attached hydrogens (primary N) is 1. The molecular weight excluding hydrogens is 368 g/mol. The summed E-state index contributed by atoms with van der Waals surface area (Å²) in [7, 11) is 3.62. The molecule has 0 saturated carbocycles. The lowest BCUT2D eigenvalue weighted by atomic mass is 10.1. The van der Waals surface area contributed by atoms with Crippen LogP contribution < -0.4 is 10.5 Å². The maximum atomic E-state index is 13.0. The smallest absolute Gasteiger partial charge is 0.237 e. The highest BCUT2D eigenvalue weighted by atomic mass is 16.5. The number of carbonyl (C=O) groups excluding carboxylic acids is 1. The standard InChI is InChI=1S/C21H26N6O2/c1-26(12-14-5-7-15(29-2)8-6-14)13-19(28)27-11-3-4-18(27)17-10-9-16-20(22)24-25-21(16)23-17/h5-10,18H,3-4,11-13H2,1-2H3,(H3,22,23,24,25). The van der Waals surface area contributed by atoms with E-state index in [-0.39, 0.29) is 11.9 Å². The van der Waals surface area contributed by atoms with Gasteiger partial charge < -0.3 is 15.4 Å². The molecule has 1 amide bonds. The summed E-state index contributed by atoms with van der Waals surface area (Å²) in [6.07, 6.45) is 1.88. The van der Waals surface area contributed by atoms with Crippen LogP contribution in [0.3, 0.4) is 0 Å². The summed E-state index contributed by atoms with van der Waals surface area (Å²) in [5.74, 6) is 1.46. The number of H-pyrrole nitrogens is 1. The van der Waals surface area contributed by atoms with Crippen LogP contribution in [-0.2, 0) is 11.3 Å². The van der Waals surface area contributed by atoms with Gasteiger partial charge in [0.2, 0.25) is 5.91 Å². The van der Waals surface area contributed by atoms with Gasteiger partial charge >= 0.3 is 0 Å². The van der Waals surface area contributed by atoms with Crippen molar-refractivity contribution in [3.8, 4) is 5.75 Å². The lowest BCUT2D eigenvalue weighted by Gasteiger charge is -2.27. The zero-order chi connectivity index (χ0) is 20.4. The number of carbonyl (C=O) groups is 1. The molecule has 152 valence electrons. The molecule has 1 aliphatic rings. The van der Waals surface area contributed by atoms with Crippen LogP contribution in [0.4, 0.5) is 5.82 Å². The normalized spacial score (nSPS) is 16.7. The van der Waals surface area contributed by atoms with Crippen molar-refractivity contribution >= 4 is 22.8 Å². The van der Waals surface area contributed by atoms with Crippen molar-refractivity contribution in [1.82, 2.24) is 25.0 Å². The molecule has 8 nitrogen and oxygen atoms in total. The average Bonchev–Trinajstić information content (AvgIpc) is 3.35. The Kier molecular flexibility index (Phi) is 5.35. The molecule has 0 aliphatic carbocycles. The fraction of sp³-hybridized carbons (Fsp3) is 0.381. The van der Waals surface area contributed by atoms with Gasteiger partial charge in [-0.05, 0) is 49.7 Å². The molecule has 2 aromatic heterocycles. The molecule has 1 fully saturated rings. The monoisotopic (exact) mass is 394 g/mol. The van der Waals surface area contributed by atoms with Crippen molar-refractivity contribution in [2.45, 2.75) is 25.4 Å². The minimum atomic E-state index is -0.0146. The van der Waals surface area contributed by atoms with Crippen molar-refractivity contribution in [2.24, 2.45) is 0 Å². The zero-order valence-electron chi connectivity index (χ0n) is 16.8. The number of nitrogens with one attached hydrogen (secondary N) is 1. The van der Waals surface area contributed by atoms with Crippen LogP contribution in [0.5, 0.6) is 5.75 Å². The number of hydrogen-bond donors (Lipinski definition) is 2. The lowest BCUT2D eigenvalue weighted by molar-refractivity contribution is -0.133. The maximum Gasteiger partial charge on any atom is 0.237 e. The number of aromatic amines is 1. The van der Waals surface area contributed by atoms with Gasteiger partial charge in [0.05, 0.1) is 30.8 Å². The molecule has 0 bridgehead atoms. The minimum Gasteiger partial charge on any atom is -0.497 e. The zero-order valence-corrected chi connectivity index (χ0v) is 16.8. The van der Waals surface area contributed by atoms with E-state index in [9.17, 15) is 4.79 Å². The molecule has 3 heterocycles. The summed E-state index contributed by atoms with van der Waals surface area (Å²) in [5.41, 5.74) is 8.46. The van der Waals surface area contributed by atoms with Gasteiger partial charge in [-0.2, -0.15) is 5.10 Å². The van der Waals surface area contributed by atoms with Crippen LogP contribution in [-0.4, -0.2) is 58.1 Å². The number of likely N-dealkylation sites (N-methyl/N-ethyl adjacent to an activating group) is 1. The molecule has 8 heteroatoms. The highest BCUT2D eigenvalue weighted by molar-refractivity contribution is 5.85. The average molecular weight is 394 g/mol. The molecule has 1 aromatic carbocycles. The van der Waals surface area contributed by atoms with Crippen LogP contribution in [0.25, 0.3) is 11.0 Å². The number of benzene rings is 1. The second kappa shape index (κ2) is 8.08. The van der Waals surface area contributed by atoms with E-state index in [0.717, 1.165) is 41.8 Å². The van der Waals surface area contributed by atoms with E-state index in [1.165, 1.54) is 0 Å². The van der Waals surface area contributed by atoms with Gasteiger partial charge in [0, 0.05) is 13.1 Å². The van der Waals surface area contributed by atoms with Crippen LogP contribution in [0, 0.1) is 0 Å². The number of nitrogens with zero attached hydrogens (tertiary/aromatic N) is 4. The molecule has 4 rings (SSSR count). The minimum absolute atomic E-state index is 0.0146. The number of methoxy groups -OCH3 is 1. The molecule has 1 unspecified atom stereocenters. The third-order valence-electron chi connectivity index (χ3n) is 5.40. The quantitative estimate of drug-likeness (QED) is 0.666. The maximum absolute atomic E-state index is 13.0. The SMILES string of the molecule is COc1ccc(CN(C)CC(=O)N2CCCC2c2ccc3c(N)[nH]nc3n2)cc1. The molecule has 1 aliphatic heterocycles. The first-order valence-corrected chi connectivity index (χ1v) is 9.76. The third-order valence-corrected chi connectivity index (χ3v) is 5.40. The predicted octanol–water partition coefficient (Wildman–Crippen LogP) is 2.34. The van der Waals surface area contributed by atoms with Gasteiger partial charge in [0.25, 0.3) is 0 Å². The number of likely N-dealkylation sites (tertiary alicyclic amines) is 1. The largest absolute Gasteiger partial charge is 0.497 e. The summed E-state index contributed by atoms with van der Waals surface area (Å²) in [5, 5.41) is 7.71. The van der Waals surface area contributed by atoms with E-state index in [1.54, 1.807) is 7.11 Å². The Hall–Kier alpha value is -3.13. The number of fused-ring (bicyclic) bond motifs is 1. The second-order valence-corrected chi connectivity index (χ2v) is 7.51. The number of hydrogen-bond acceptors (Lipinski definition) is 6. The number of nitrogen functional groups attached to an aromatic ring is 1. The van der Waals surface area contributed by atoms with Crippen molar-refractivity contribution in [1.29, 1.82) is 0 Å². The first-order chi connectivity index (χ1) is 14.0. The van der Waals surface area contributed by atoms with E-state index < -0.39 is 0 Å². The topological polar surface area (TPSA) is 100 Å². The first-order valence-electron chi connectivity index (χ1n) is 9.76. The number of pyridine rings is 1. The van der Waals surface area contributed by atoms with E-state index in [2.05, 4.69) is 15.2 Å². The number of amides is 1. The van der Waals surface area contributed by atoms with Crippen LogP contribution in [0.15, 0.2) is 36.4 Å². The Morgan fingerprint density at radius 1 is 1.31 bits per heavy atom. The first kappa shape index (κ1) is 19.2. The van der Waals surface area contributed by atoms with Crippen molar-refractivity contribution in [3.05, 3.63) is 47.7 Å². The Bertz CT molecular complexity index is 1000. The van der Waals surface area contributed by atoms with E-state index >= 15 is 0 Å². The van der Waals surface area contributed by atoms with E-state index in [4.69, 9.17) is 10.5 Å². The Morgan fingerprint density at radius 2 is 2.10 bits per heavy atom. The van der Waals surface area contributed by atoms with Gasteiger partial charge in [0.1, 0.15) is 11.6 Å². The summed E-state index contributed by atoms with van der Waals surface area (Å²) < 4.78 is 5.19. The van der Waals surface area contributed by atoms with Gasteiger partial charge in [0.15, 0.2) is 5.65 Å². The number of rotatable bonds is 6. The molecule has 3 N–H and O–H groups in total. The summed E-state index contributed by atoms with van der Waals surface area (Å²) in [4.78, 5) is 21.6. The third kappa shape index (κ3) is 4.02. The highest BCUT2D eigenvalue weighted by Gasteiger charge is 2.31. The van der Waals surface area contributed by atoms with Crippen molar-refractivity contribution < 1.29 is 9.53 Å². The summed E-state index contributed by atoms with van der Waals surface area (Å²) in [6, 6.07) is 11.8. The van der Waals surface area contributed by atoms with Crippen LogP contribution in [0.1, 0.15) is 30.1 Å². The van der Waals surface area contributed by atoms with Crippen molar-refractivity contribution in [2.75, 3.05) is 33.0 Å². The Labute approximate surface area is 169 Å². The van der Waals surface area contributed by atoms with Gasteiger partial charge in [-0.1, -0.05) is 12.1 Å². The summed E-state index contributed by atoms with van der Waals surface area (Å²) >= 11 is 0. The second-order valence-electron chi connectivity index (χ2n) is 7.51. The summed E-state index contributed by atoms with van der Waals surface area (Å²) in [6.45, 7) is 1.81. The van der Waals surface area contributed by atoms with Gasteiger partial charge in [-0.15, -0.1) is 0 Å². The number of ether oxygens (including phenoxy) is 1. The molecule has 3 aromatic rings. The van der Waals surface area contributed by atoms with Gasteiger partial charge in [-0.3, -0.25) is 14.8 Å². The molecule has 29 heavy (non-hydrogen) atoms. The van der Waals surface area contributed by atoms with Crippen LogP contribution in [0.2, 0.25) is 0 Å². The van der Waals surface area contributed by atoms with Crippen molar-refractivity contribution in [3.63, 3.8) is 0 Å². The number of aromatic nitrogens is 3. The molecule has 0 radical (unpaired) electrons. The fourth-order valence-electron chi connectivity index (χ4n) is 3.91. The Balaban J connectivity index is 1.42. The molecular formula is C21H26N6O2. The number of anilines is 1. The lowest BCUT2D eigenvalue weighted by Crippen LogP contribution is -2.38. The van der Waals surface area contributed by atoms with Gasteiger partial charge in [-0.25, -0.2) is 4.98 Å². The molecule has 0 spiro atoms.